The third-order valence-corrected chi connectivity index (χ3v) is 9.26. The van der Waals surface area contributed by atoms with Gasteiger partial charge in [-0.05, 0) is 17.4 Å². The largest absolute Gasteiger partial charge is 1.00 e. The maximum absolute atomic E-state index is 3.53. The van der Waals surface area contributed by atoms with E-state index in [-0.39, 0.29) is 35.6 Å². The summed E-state index contributed by atoms with van der Waals surface area (Å²) in [7, 11) is 0. The van der Waals surface area contributed by atoms with Crippen LogP contribution in [0.5, 0.6) is 0 Å². The van der Waals surface area contributed by atoms with Crippen LogP contribution >= 0.6 is 0 Å². The van der Waals surface area contributed by atoms with E-state index in [9.17, 15) is 0 Å². The van der Waals surface area contributed by atoms with E-state index in [2.05, 4.69) is 152 Å². The minimum Gasteiger partial charge on any atom is -1.00 e. The smallest absolute Gasteiger partial charge is 0.109 e. The van der Waals surface area contributed by atoms with E-state index in [4.69, 9.17) is 0 Å². The first-order valence-corrected chi connectivity index (χ1v) is 16.2. The van der Waals surface area contributed by atoms with E-state index in [1.807, 2.05) is 12.2 Å². The van der Waals surface area contributed by atoms with Gasteiger partial charge in [-0.2, -0.15) is 35.4 Å². The van der Waals surface area contributed by atoms with Crippen LogP contribution in [-0.4, -0.2) is 3.21 Å². The van der Waals surface area contributed by atoms with Crippen molar-refractivity contribution < 1.29 is 49.0 Å². The molecule has 4 aromatic rings. The minimum absolute atomic E-state index is 0. The topological polar surface area (TPSA) is 0 Å². The van der Waals surface area contributed by atoms with Gasteiger partial charge in [0.2, 0.25) is 0 Å². The van der Waals surface area contributed by atoms with E-state index in [0.717, 1.165) is 12.8 Å². The molecule has 44 heavy (non-hydrogen) atoms. The molecule has 2 aliphatic carbocycles. The predicted molar refractivity (Wildman–Crippen MR) is 178 cm³/mol. The summed E-state index contributed by atoms with van der Waals surface area (Å²) in [5.74, 6) is 0. The molecule has 0 nitrogen and oxygen atoms in total. The molecule has 0 saturated heterocycles. The van der Waals surface area contributed by atoms with Gasteiger partial charge in [-0.25, -0.2) is 12.2 Å². The van der Waals surface area contributed by atoms with Crippen LogP contribution in [0, 0.1) is 26.0 Å². The Morgan fingerprint density at radius 2 is 1.25 bits per heavy atom. The van der Waals surface area contributed by atoms with Crippen LogP contribution < -0.4 is 24.8 Å². The second-order valence-corrected chi connectivity index (χ2v) is 14.6. The number of halogens is 2. The molecule has 0 atom stereocenters. The van der Waals surface area contributed by atoms with E-state index in [0.29, 0.717) is 0 Å². The van der Waals surface area contributed by atoms with Crippen molar-refractivity contribution in [2.45, 2.75) is 79.1 Å². The summed E-state index contributed by atoms with van der Waals surface area (Å²) >= 11 is 1.47. The molecule has 0 N–H and O–H groups in total. The van der Waals surface area contributed by atoms with Gasteiger partial charge >= 0.3 is 112 Å². The summed E-state index contributed by atoms with van der Waals surface area (Å²) in [6.07, 6.45) is 11.0. The predicted octanol–water partition coefficient (Wildman–Crippen LogP) is 4.39. The second kappa shape index (κ2) is 16.3. The Balaban J connectivity index is 0.000000260. The Hall–Kier alpha value is -2.31. The van der Waals surface area contributed by atoms with Crippen molar-refractivity contribution >= 4 is 3.21 Å². The van der Waals surface area contributed by atoms with Crippen LogP contribution in [0.3, 0.4) is 0 Å². The second-order valence-electron chi connectivity index (χ2n) is 13.3. The standard InChI is InChI=1S/C21H25.C15H14.C5H5.2ClH.Zr/c1-20(2,3)16-9-7-14-11-15-8-10-17(21(4,5)6)13-19(15)18(14)12-16;1-12-7-3-5-9-14(12)11-15-10-6-4-8-13(15)2;1-2-4-5-3-1;;;/h7,9-10,12-13H,11H2,1-6H3;3-10H,1-2H3;1-3H,4H2;2*1H;/q-1;;-1;;;+2/p-2. The van der Waals surface area contributed by atoms with Crippen LogP contribution in [0.1, 0.15) is 92.5 Å². The maximum Gasteiger partial charge on any atom is -0.109 e. The first kappa shape index (κ1) is 37.9. The zero-order valence-electron chi connectivity index (χ0n) is 27.4. The third kappa shape index (κ3) is 9.60. The van der Waals surface area contributed by atoms with Gasteiger partial charge in [0.05, 0.1) is 0 Å². The fraction of sp³-hybridized carbons (Fsp3) is 0.293. The summed E-state index contributed by atoms with van der Waals surface area (Å²) in [5, 5.41) is 0. The Bertz CT molecular complexity index is 1510. The molecule has 0 radical (unpaired) electrons. The van der Waals surface area contributed by atoms with Crippen molar-refractivity contribution in [3.05, 3.63) is 154 Å². The summed E-state index contributed by atoms with van der Waals surface area (Å²) in [4.78, 5) is 0. The van der Waals surface area contributed by atoms with E-state index in [1.165, 1.54) is 83.1 Å². The number of aryl methyl sites for hydroxylation is 2. The van der Waals surface area contributed by atoms with Crippen molar-refractivity contribution in [1.29, 1.82) is 0 Å². The summed E-state index contributed by atoms with van der Waals surface area (Å²) in [6, 6.07) is 32.3. The van der Waals surface area contributed by atoms with Crippen molar-refractivity contribution in [2.75, 3.05) is 0 Å². The SMILES string of the molecule is CC(C)(C)c1c[c-]c2c(c1)-c1cc(C(C)(C)C)ccc1C2.Cc1ccccc1[C](=[Zr+2])c1ccccc1C.[C-]1=CC=CC1.[Cl-].[Cl-]. The average Bonchev–Trinajstić information content (AvgIpc) is 3.64. The number of hydrogen-bond acceptors (Lipinski definition) is 0. The monoisotopic (exact) mass is 696 g/mol. The summed E-state index contributed by atoms with van der Waals surface area (Å²) < 4.78 is 1.45. The molecular weight excluding hydrogens is 655 g/mol. The van der Waals surface area contributed by atoms with Crippen LogP contribution in [-0.2, 0) is 41.5 Å². The molecule has 6 rings (SSSR count). The van der Waals surface area contributed by atoms with E-state index in [1.54, 1.807) is 0 Å². The quantitative estimate of drug-likeness (QED) is 0.240. The van der Waals surface area contributed by atoms with Gasteiger partial charge < -0.3 is 24.8 Å². The van der Waals surface area contributed by atoms with E-state index >= 15 is 0 Å². The van der Waals surface area contributed by atoms with Crippen molar-refractivity contribution in [1.82, 2.24) is 0 Å². The van der Waals surface area contributed by atoms with Crippen molar-refractivity contribution in [3.63, 3.8) is 0 Å². The summed E-state index contributed by atoms with van der Waals surface area (Å²) in [6.45, 7) is 18.0. The average molecular weight is 699 g/mol. The normalized spacial score (nSPS) is 12.4. The minimum atomic E-state index is 0. The number of rotatable bonds is 2. The fourth-order valence-corrected chi connectivity index (χ4v) is 6.56. The van der Waals surface area contributed by atoms with Gasteiger partial charge in [0.1, 0.15) is 0 Å². The molecule has 228 valence electrons. The Morgan fingerprint density at radius 1 is 0.705 bits per heavy atom. The van der Waals surface area contributed by atoms with Crippen molar-refractivity contribution in [2.24, 2.45) is 0 Å². The molecule has 2 aliphatic rings. The zero-order chi connectivity index (χ0) is 30.5. The first-order chi connectivity index (χ1) is 19.9. The van der Waals surface area contributed by atoms with Gasteiger partial charge in [0.25, 0.3) is 0 Å². The van der Waals surface area contributed by atoms with Gasteiger partial charge in [-0.1, -0.05) is 76.3 Å². The number of allylic oxidation sites excluding steroid dienone is 4. The molecule has 0 amide bonds. The van der Waals surface area contributed by atoms with Gasteiger partial charge in [0, 0.05) is 0 Å². The fourth-order valence-electron chi connectivity index (χ4n) is 5.18. The number of hydrogen-bond donors (Lipinski definition) is 0. The van der Waals surface area contributed by atoms with Gasteiger partial charge in [-0.15, -0.1) is 12.0 Å². The van der Waals surface area contributed by atoms with Crippen molar-refractivity contribution in [3.8, 4) is 11.1 Å². The molecule has 3 heteroatoms. The van der Waals surface area contributed by atoms with Crippen LogP contribution in [0.25, 0.3) is 11.1 Å². The zero-order valence-corrected chi connectivity index (χ0v) is 31.4. The molecular formula is C41H44Cl2Zr-2. The molecule has 0 aliphatic heterocycles. The molecule has 0 bridgehead atoms. The Morgan fingerprint density at radius 3 is 1.70 bits per heavy atom. The Kier molecular flexibility index (Phi) is 14.0. The molecule has 0 heterocycles. The van der Waals surface area contributed by atoms with Gasteiger partial charge in [0.15, 0.2) is 0 Å². The molecule has 0 aromatic heterocycles. The molecule has 0 saturated carbocycles. The summed E-state index contributed by atoms with van der Waals surface area (Å²) in [5.41, 5.74) is 14.2. The Labute approximate surface area is 294 Å². The molecule has 0 fully saturated rings. The van der Waals surface area contributed by atoms with E-state index < -0.39 is 0 Å². The van der Waals surface area contributed by atoms with Crippen LogP contribution in [0.15, 0.2) is 97.1 Å². The molecule has 0 spiro atoms. The molecule has 0 unspecified atom stereocenters. The van der Waals surface area contributed by atoms with Crippen LogP contribution in [0.2, 0.25) is 0 Å². The first-order valence-electron chi connectivity index (χ1n) is 15.0. The molecule has 4 aromatic carbocycles. The number of benzene rings is 4. The van der Waals surface area contributed by atoms with Gasteiger partial charge in [-0.3, -0.25) is 6.08 Å². The maximum atomic E-state index is 3.53. The van der Waals surface area contributed by atoms with Crippen LogP contribution in [0.4, 0.5) is 0 Å². The number of fused-ring (bicyclic) bond motifs is 3. The third-order valence-electron chi connectivity index (χ3n) is 7.94.